The Morgan fingerprint density at radius 2 is 1.94 bits per heavy atom. The molecular formula is C14H18N2. The molecule has 1 heterocycles. The molecule has 0 spiro atoms. The van der Waals surface area contributed by atoms with Gasteiger partial charge in [-0.2, -0.15) is 0 Å². The SMILES string of the molecule is Cc1ccc2[nH]c(C3(N)CCCC3)cc2c1. The van der Waals surface area contributed by atoms with Crippen molar-refractivity contribution in [3.63, 3.8) is 0 Å². The Hall–Kier alpha value is -1.28. The monoisotopic (exact) mass is 214 g/mol. The van der Waals surface area contributed by atoms with Crippen LogP contribution in [0.4, 0.5) is 0 Å². The van der Waals surface area contributed by atoms with E-state index in [0.717, 1.165) is 12.8 Å². The summed E-state index contributed by atoms with van der Waals surface area (Å²) in [7, 11) is 0. The molecule has 2 nitrogen and oxygen atoms in total. The molecule has 0 bridgehead atoms. The molecule has 0 amide bonds. The number of hydrogen-bond donors (Lipinski definition) is 2. The second kappa shape index (κ2) is 3.36. The number of fused-ring (bicyclic) bond motifs is 1. The minimum absolute atomic E-state index is 0.104. The minimum Gasteiger partial charge on any atom is -0.357 e. The molecule has 0 atom stereocenters. The topological polar surface area (TPSA) is 41.8 Å². The third kappa shape index (κ3) is 1.45. The fourth-order valence-corrected chi connectivity index (χ4v) is 2.80. The average Bonchev–Trinajstić information content (AvgIpc) is 2.84. The lowest BCUT2D eigenvalue weighted by molar-refractivity contribution is 0.450. The van der Waals surface area contributed by atoms with Gasteiger partial charge in [0.25, 0.3) is 0 Å². The first-order valence-corrected chi connectivity index (χ1v) is 6.06. The zero-order valence-corrected chi connectivity index (χ0v) is 9.72. The zero-order valence-electron chi connectivity index (χ0n) is 9.72. The Morgan fingerprint density at radius 1 is 1.19 bits per heavy atom. The molecule has 0 radical (unpaired) electrons. The lowest BCUT2D eigenvalue weighted by Crippen LogP contribution is -2.33. The van der Waals surface area contributed by atoms with Crippen LogP contribution in [0.2, 0.25) is 0 Å². The predicted octanol–water partition coefficient (Wildman–Crippen LogP) is 3.20. The van der Waals surface area contributed by atoms with Crippen molar-refractivity contribution >= 4 is 10.9 Å². The Balaban J connectivity index is 2.11. The Bertz CT molecular complexity index is 519. The normalized spacial score (nSPS) is 19.4. The third-order valence-electron chi connectivity index (χ3n) is 3.81. The van der Waals surface area contributed by atoms with Crippen LogP contribution in [0.1, 0.15) is 36.9 Å². The highest BCUT2D eigenvalue weighted by Gasteiger charge is 2.32. The summed E-state index contributed by atoms with van der Waals surface area (Å²) in [6.45, 7) is 2.12. The third-order valence-corrected chi connectivity index (χ3v) is 3.81. The van der Waals surface area contributed by atoms with Gasteiger partial charge in [0.2, 0.25) is 0 Å². The summed E-state index contributed by atoms with van der Waals surface area (Å²) in [5.41, 5.74) is 10.1. The van der Waals surface area contributed by atoms with Crippen LogP contribution in [0.25, 0.3) is 10.9 Å². The number of rotatable bonds is 1. The van der Waals surface area contributed by atoms with Crippen molar-refractivity contribution in [3.05, 3.63) is 35.5 Å². The molecule has 1 aromatic carbocycles. The summed E-state index contributed by atoms with van der Waals surface area (Å²) in [4.78, 5) is 3.48. The van der Waals surface area contributed by atoms with E-state index in [2.05, 4.69) is 36.2 Å². The number of hydrogen-bond acceptors (Lipinski definition) is 1. The molecule has 0 unspecified atom stereocenters. The molecule has 1 aliphatic carbocycles. The van der Waals surface area contributed by atoms with Gasteiger partial charge in [0.1, 0.15) is 0 Å². The van der Waals surface area contributed by atoms with Gasteiger partial charge < -0.3 is 10.7 Å². The maximum absolute atomic E-state index is 6.45. The van der Waals surface area contributed by atoms with Gasteiger partial charge in [-0.15, -0.1) is 0 Å². The predicted molar refractivity (Wildman–Crippen MR) is 67.4 cm³/mol. The molecule has 84 valence electrons. The van der Waals surface area contributed by atoms with Crippen molar-refractivity contribution in [1.82, 2.24) is 4.98 Å². The van der Waals surface area contributed by atoms with Crippen molar-refractivity contribution in [2.45, 2.75) is 38.1 Å². The first kappa shape index (κ1) is 9.91. The van der Waals surface area contributed by atoms with Crippen LogP contribution in [0, 0.1) is 6.92 Å². The fraction of sp³-hybridized carbons (Fsp3) is 0.429. The maximum atomic E-state index is 6.45. The number of aromatic nitrogens is 1. The van der Waals surface area contributed by atoms with Crippen LogP contribution in [0.15, 0.2) is 24.3 Å². The smallest absolute Gasteiger partial charge is 0.0561 e. The van der Waals surface area contributed by atoms with E-state index in [0.29, 0.717) is 0 Å². The number of nitrogens with one attached hydrogen (secondary N) is 1. The van der Waals surface area contributed by atoms with E-state index in [1.165, 1.54) is 35.0 Å². The van der Waals surface area contributed by atoms with Crippen LogP contribution >= 0.6 is 0 Å². The van der Waals surface area contributed by atoms with Crippen LogP contribution in [-0.2, 0) is 5.54 Å². The van der Waals surface area contributed by atoms with E-state index in [1.807, 2.05) is 0 Å². The summed E-state index contributed by atoms with van der Waals surface area (Å²) in [6, 6.07) is 8.73. The van der Waals surface area contributed by atoms with Crippen LogP contribution in [0.3, 0.4) is 0 Å². The molecule has 1 fully saturated rings. The highest BCUT2D eigenvalue weighted by molar-refractivity contribution is 5.81. The highest BCUT2D eigenvalue weighted by Crippen LogP contribution is 2.37. The first-order chi connectivity index (χ1) is 7.67. The van der Waals surface area contributed by atoms with Crippen molar-refractivity contribution in [2.75, 3.05) is 0 Å². The van der Waals surface area contributed by atoms with E-state index in [4.69, 9.17) is 5.73 Å². The minimum atomic E-state index is -0.104. The van der Waals surface area contributed by atoms with Crippen molar-refractivity contribution in [1.29, 1.82) is 0 Å². The van der Waals surface area contributed by atoms with Gasteiger partial charge in [-0.05, 0) is 43.4 Å². The van der Waals surface area contributed by atoms with Gasteiger partial charge in [-0.1, -0.05) is 24.5 Å². The number of aromatic amines is 1. The second-order valence-corrected chi connectivity index (χ2v) is 5.14. The second-order valence-electron chi connectivity index (χ2n) is 5.14. The van der Waals surface area contributed by atoms with E-state index in [1.54, 1.807) is 0 Å². The number of nitrogens with two attached hydrogens (primary N) is 1. The lowest BCUT2D eigenvalue weighted by Gasteiger charge is -2.21. The Labute approximate surface area is 95.8 Å². The van der Waals surface area contributed by atoms with Crippen LogP contribution in [-0.4, -0.2) is 4.98 Å². The summed E-state index contributed by atoms with van der Waals surface area (Å²) >= 11 is 0. The average molecular weight is 214 g/mol. The molecule has 3 rings (SSSR count). The quantitative estimate of drug-likeness (QED) is 0.752. The lowest BCUT2D eigenvalue weighted by atomic mass is 9.95. The van der Waals surface area contributed by atoms with Gasteiger partial charge in [-0.25, -0.2) is 0 Å². The molecule has 2 aromatic rings. The van der Waals surface area contributed by atoms with E-state index >= 15 is 0 Å². The highest BCUT2D eigenvalue weighted by atomic mass is 14.9. The standard InChI is InChI=1S/C14H18N2/c1-10-4-5-12-11(8-10)9-13(16-12)14(15)6-2-3-7-14/h4-5,8-9,16H,2-3,6-7,15H2,1H3. The molecular weight excluding hydrogens is 196 g/mol. The van der Waals surface area contributed by atoms with Crippen LogP contribution in [0.5, 0.6) is 0 Å². The van der Waals surface area contributed by atoms with Gasteiger partial charge in [0.05, 0.1) is 5.54 Å². The summed E-state index contributed by atoms with van der Waals surface area (Å²) in [6.07, 6.45) is 4.73. The van der Waals surface area contributed by atoms with Crippen molar-refractivity contribution < 1.29 is 0 Å². The molecule has 0 saturated heterocycles. The summed E-state index contributed by atoms with van der Waals surface area (Å²) in [5.74, 6) is 0. The van der Waals surface area contributed by atoms with Gasteiger partial charge in [0.15, 0.2) is 0 Å². The molecule has 0 aliphatic heterocycles. The maximum Gasteiger partial charge on any atom is 0.0561 e. The van der Waals surface area contributed by atoms with Gasteiger partial charge in [-0.3, -0.25) is 0 Å². The molecule has 2 heteroatoms. The largest absolute Gasteiger partial charge is 0.357 e. The van der Waals surface area contributed by atoms with E-state index in [-0.39, 0.29) is 5.54 Å². The molecule has 3 N–H and O–H groups in total. The summed E-state index contributed by atoms with van der Waals surface area (Å²) in [5, 5.41) is 1.28. The van der Waals surface area contributed by atoms with Gasteiger partial charge >= 0.3 is 0 Å². The number of H-pyrrole nitrogens is 1. The fourth-order valence-electron chi connectivity index (χ4n) is 2.80. The summed E-state index contributed by atoms with van der Waals surface area (Å²) < 4.78 is 0. The van der Waals surface area contributed by atoms with Gasteiger partial charge in [0, 0.05) is 11.2 Å². The number of benzene rings is 1. The first-order valence-electron chi connectivity index (χ1n) is 6.06. The van der Waals surface area contributed by atoms with Crippen molar-refractivity contribution in [3.8, 4) is 0 Å². The molecule has 16 heavy (non-hydrogen) atoms. The number of aryl methyl sites for hydroxylation is 1. The van der Waals surface area contributed by atoms with E-state index < -0.39 is 0 Å². The van der Waals surface area contributed by atoms with E-state index in [9.17, 15) is 0 Å². The Morgan fingerprint density at radius 3 is 2.69 bits per heavy atom. The zero-order chi connectivity index (χ0) is 11.2. The Kier molecular flexibility index (Phi) is 2.08. The molecule has 1 saturated carbocycles. The molecule has 1 aliphatic rings. The van der Waals surface area contributed by atoms with Crippen LogP contribution < -0.4 is 5.73 Å². The van der Waals surface area contributed by atoms with Crippen molar-refractivity contribution in [2.24, 2.45) is 5.73 Å². The molecule has 1 aromatic heterocycles.